The summed E-state index contributed by atoms with van der Waals surface area (Å²) < 4.78 is 0. The molecule has 0 bridgehead atoms. The second-order valence-corrected chi connectivity index (χ2v) is 6.74. The molecular formula is C19H30ClNO2. The Morgan fingerprint density at radius 1 is 1.13 bits per heavy atom. The van der Waals surface area contributed by atoms with Gasteiger partial charge in [-0.25, -0.2) is 4.79 Å². The summed E-state index contributed by atoms with van der Waals surface area (Å²) in [5, 5.41) is 9.26. The van der Waals surface area contributed by atoms with Gasteiger partial charge in [-0.05, 0) is 37.0 Å². The molecule has 130 valence electrons. The van der Waals surface area contributed by atoms with E-state index in [-0.39, 0.29) is 11.6 Å². The van der Waals surface area contributed by atoms with Crippen LogP contribution < -0.4 is 5.73 Å². The summed E-state index contributed by atoms with van der Waals surface area (Å²) >= 11 is 5.98. The molecule has 0 fully saturated rings. The number of rotatable bonds is 12. The molecule has 1 aromatic carbocycles. The molecule has 0 amide bonds. The molecule has 3 nitrogen and oxygen atoms in total. The molecule has 0 heterocycles. The summed E-state index contributed by atoms with van der Waals surface area (Å²) in [5.41, 5.74) is 7.38. The van der Waals surface area contributed by atoms with E-state index in [4.69, 9.17) is 22.4 Å². The number of aromatic carboxylic acids is 1. The number of unbranched alkanes of at least 4 members (excludes halogenated alkanes) is 6. The fraction of sp³-hybridized carbons (Fsp3) is 0.632. The molecule has 0 saturated heterocycles. The zero-order valence-corrected chi connectivity index (χ0v) is 14.9. The molecular weight excluding hydrogens is 310 g/mol. The third-order valence-corrected chi connectivity index (χ3v) is 4.56. The number of carbonyl (C=O) groups is 1. The first-order chi connectivity index (χ1) is 11.0. The number of hydrogen-bond acceptors (Lipinski definition) is 2. The van der Waals surface area contributed by atoms with Crippen LogP contribution in [0.2, 0.25) is 5.02 Å². The minimum absolute atomic E-state index is 0.155. The molecule has 1 atom stereocenters. The van der Waals surface area contributed by atoms with Crippen LogP contribution in [0.1, 0.15) is 80.6 Å². The van der Waals surface area contributed by atoms with Gasteiger partial charge in [-0.15, -0.1) is 0 Å². The highest BCUT2D eigenvalue weighted by molar-refractivity contribution is 6.33. The maximum atomic E-state index is 10.9. The summed E-state index contributed by atoms with van der Waals surface area (Å²) in [7, 11) is 0. The van der Waals surface area contributed by atoms with Crippen LogP contribution in [0.4, 0.5) is 0 Å². The molecule has 0 aliphatic carbocycles. The van der Waals surface area contributed by atoms with Crippen molar-refractivity contribution in [2.45, 2.75) is 77.2 Å². The molecule has 0 aromatic heterocycles. The molecule has 0 aliphatic rings. The lowest BCUT2D eigenvalue weighted by Crippen LogP contribution is -2.20. The van der Waals surface area contributed by atoms with Crippen LogP contribution in [0.15, 0.2) is 18.2 Å². The minimum Gasteiger partial charge on any atom is -0.478 e. The zero-order chi connectivity index (χ0) is 17.1. The van der Waals surface area contributed by atoms with Gasteiger partial charge in [0.25, 0.3) is 0 Å². The van der Waals surface area contributed by atoms with Gasteiger partial charge in [0.05, 0.1) is 10.6 Å². The molecule has 1 rings (SSSR count). The average molecular weight is 340 g/mol. The zero-order valence-electron chi connectivity index (χ0n) is 14.2. The molecule has 0 saturated carbocycles. The highest BCUT2D eigenvalue weighted by Gasteiger charge is 2.09. The normalized spacial score (nSPS) is 12.3. The number of nitrogens with two attached hydrogens (primary N) is 1. The van der Waals surface area contributed by atoms with E-state index in [0.717, 1.165) is 24.8 Å². The standard InChI is InChI=1S/C19H30ClNO2/c1-2-3-4-5-6-7-8-9-16(21)12-10-15-11-13-17(19(22)23)18(20)14-15/h11,13-14,16H,2-10,12,21H2,1H3,(H,22,23). The summed E-state index contributed by atoms with van der Waals surface area (Å²) in [6.45, 7) is 2.24. The van der Waals surface area contributed by atoms with Crippen molar-refractivity contribution in [3.8, 4) is 0 Å². The first-order valence-corrected chi connectivity index (χ1v) is 9.19. The molecule has 1 unspecified atom stereocenters. The fourth-order valence-electron chi connectivity index (χ4n) is 2.75. The lowest BCUT2D eigenvalue weighted by Gasteiger charge is -2.12. The molecule has 4 heteroatoms. The van der Waals surface area contributed by atoms with E-state index < -0.39 is 5.97 Å². The van der Waals surface area contributed by atoms with Crippen LogP contribution in [0.5, 0.6) is 0 Å². The van der Waals surface area contributed by atoms with E-state index in [2.05, 4.69) is 6.92 Å². The van der Waals surface area contributed by atoms with Crippen molar-refractivity contribution in [2.75, 3.05) is 0 Å². The first kappa shape index (κ1) is 20.0. The predicted molar refractivity (Wildman–Crippen MR) is 97.3 cm³/mol. The van der Waals surface area contributed by atoms with Crippen molar-refractivity contribution < 1.29 is 9.90 Å². The summed E-state index contributed by atoms with van der Waals surface area (Å²) in [4.78, 5) is 10.9. The quantitative estimate of drug-likeness (QED) is 0.498. The fourth-order valence-corrected chi connectivity index (χ4v) is 3.03. The van der Waals surface area contributed by atoms with Gasteiger partial charge >= 0.3 is 5.97 Å². The Kier molecular flexibility index (Phi) is 9.97. The van der Waals surface area contributed by atoms with Gasteiger partial charge in [0.2, 0.25) is 0 Å². The van der Waals surface area contributed by atoms with E-state index >= 15 is 0 Å². The SMILES string of the molecule is CCCCCCCCCC(N)CCc1ccc(C(=O)O)c(Cl)c1. The van der Waals surface area contributed by atoms with Gasteiger partial charge in [-0.3, -0.25) is 0 Å². The third kappa shape index (κ3) is 8.38. The largest absolute Gasteiger partial charge is 0.478 e. The summed E-state index contributed by atoms with van der Waals surface area (Å²) in [6, 6.07) is 5.35. The van der Waals surface area contributed by atoms with Gasteiger partial charge in [-0.1, -0.05) is 69.5 Å². The Hall–Kier alpha value is -1.06. The number of aryl methyl sites for hydroxylation is 1. The van der Waals surface area contributed by atoms with Gasteiger partial charge in [0.1, 0.15) is 0 Å². The van der Waals surface area contributed by atoms with Gasteiger partial charge in [0.15, 0.2) is 0 Å². The maximum Gasteiger partial charge on any atom is 0.337 e. The number of halogens is 1. The molecule has 3 N–H and O–H groups in total. The monoisotopic (exact) mass is 339 g/mol. The second kappa shape index (κ2) is 11.5. The summed E-state index contributed by atoms with van der Waals surface area (Å²) in [6.07, 6.45) is 12.0. The molecule has 23 heavy (non-hydrogen) atoms. The Morgan fingerprint density at radius 3 is 2.39 bits per heavy atom. The van der Waals surface area contributed by atoms with Crippen molar-refractivity contribution in [3.05, 3.63) is 34.3 Å². The van der Waals surface area contributed by atoms with Crippen molar-refractivity contribution in [2.24, 2.45) is 5.73 Å². The highest BCUT2D eigenvalue weighted by Crippen LogP contribution is 2.19. The van der Waals surface area contributed by atoms with Crippen LogP contribution in [0.3, 0.4) is 0 Å². The highest BCUT2D eigenvalue weighted by atomic mass is 35.5. The number of carboxylic acids is 1. The first-order valence-electron chi connectivity index (χ1n) is 8.82. The van der Waals surface area contributed by atoms with Crippen molar-refractivity contribution in [1.82, 2.24) is 0 Å². The lowest BCUT2D eigenvalue weighted by molar-refractivity contribution is 0.0697. The van der Waals surface area contributed by atoms with E-state index in [9.17, 15) is 4.79 Å². The molecule has 0 spiro atoms. The molecule has 0 radical (unpaired) electrons. The van der Waals surface area contributed by atoms with E-state index in [1.165, 1.54) is 44.9 Å². The van der Waals surface area contributed by atoms with Gasteiger partial charge in [-0.2, -0.15) is 0 Å². The van der Waals surface area contributed by atoms with Crippen molar-refractivity contribution in [1.29, 1.82) is 0 Å². The van der Waals surface area contributed by atoms with Crippen molar-refractivity contribution in [3.63, 3.8) is 0 Å². The molecule has 0 aliphatic heterocycles. The molecule has 1 aromatic rings. The Bertz CT molecular complexity index is 476. The van der Waals surface area contributed by atoms with Crippen LogP contribution in [0, 0.1) is 0 Å². The Balaban J connectivity index is 2.19. The predicted octanol–water partition coefficient (Wildman–Crippen LogP) is 5.44. The number of hydrogen-bond donors (Lipinski definition) is 2. The van der Waals surface area contributed by atoms with Crippen LogP contribution in [-0.2, 0) is 6.42 Å². The topological polar surface area (TPSA) is 63.3 Å². The number of carboxylic acid groups (broad SMARTS) is 1. The van der Waals surface area contributed by atoms with E-state index in [1.54, 1.807) is 12.1 Å². The van der Waals surface area contributed by atoms with Crippen LogP contribution in [0.25, 0.3) is 0 Å². The van der Waals surface area contributed by atoms with Gasteiger partial charge in [0, 0.05) is 6.04 Å². The van der Waals surface area contributed by atoms with Gasteiger partial charge < -0.3 is 10.8 Å². The Morgan fingerprint density at radius 2 is 1.78 bits per heavy atom. The van der Waals surface area contributed by atoms with Crippen molar-refractivity contribution >= 4 is 17.6 Å². The van der Waals surface area contributed by atoms with E-state index in [1.807, 2.05) is 6.07 Å². The summed E-state index contributed by atoms with van der Waals surface area (Å²) in [5.74, 6) is -0.989. The smallest absolute Gasteiger partial charge is 0.337 e. The Labute approximate surface area is 145 Å². The van der Waals surface area contributed by atoms with Crippen LogP contribution in [-0.4, -0.2) is 17.1 Å². The minimum atomic E-state index is -0.989. The average Bonchev–Trinajstić information content (AvgIpc) is 2.51. The van der Waals surface area contributed by atoms with E-state index in [0.29, 0.717) is 5.02 Å². The number of benzene rings is 1. The lowest BCUT2D eigenvalue weighted by atomic mass is 9.99. The second-order valence-electron chi connectivity index (χ2n) is 6.33. The maximum absolute atomic E-state index is 10.9. The third-order valence-electron chi connectivity index (χ3n) is 4.25. The van der Waals surface area contributed by atoms with Crippen LogP contribution >= 0.6 is 11.6 Å².